The molecule has 0 radical (unpaired) electrons. The highest BCUT2D eigenvalue weighted by Crippen LogP contribution is 2.67. The molecular weight excluding hydrogens is 378 g/mol. The monoisotopic (exact) mass is 429 g/mol. The van der Waals surface area contributed by atoms with Crippen molar-refractivity contribution in [2.75, 3.05) is 13.1 Å². The van der Waals surface area contributed by atoms with Crippen LogP contribution in [0, 0.1) is 46.3 Å². The molecule has 0 amide bonds. The Kier molecular flexibility index (Phi) is 7.29. The quantitative estimate of drug-likeness (QED) is 0.408. The highest BCUT2D eigenvalue weighted by Gasteiger charge is 2.59. The molecule has 0 aliphatic heterocycles. The van der Waals surface area contributed by atoms with Gasteiger partial charge in [0.15, 0.2) is 0 Å². The lowest BCUT2D eigenvalue weighted by atomic mass is 9.47. The summed E-state index contributed by atoms with van der Waals surface area (Å²) in [5.41, 5.74) is 2.58. The molecule has 0 saturated heterocycles. The van der Waals surface area contributed by atoms with Crippen LogP contribution in [0.3, 0.4) is 0 Å². The van der Waals surface area contributed by atoms with Crippen LogP contribution >= 0.6 is 0 Å². The largest absolute Gasteiger partial charge is 0.393 e. The van der Waals surface area contributed by atoms with Crippen LogP contribution in [0.5, 0.6) is 0 Å². The summed E-state index contributed by atoms with van der Waals surface area (Å²) in [5, 5.41) is 13.8. The van der Waals surface area contributed by atoms with Crippen molar-refractivity contribution < 1.29 is 5.11 Å². The number of aliphatic hydroxyl groups is 1. The van der Waals surface area contributed by atoms with Crippen LogP contribution in [-0.2, 0) is 0 Å². The molecular formula is C29H51NO. The minimum atomic E-state index is -0.0816. The molecule has 2 heteroatoms. The van der Waals surface area contributed by atoms with E-state index in [1.165, 1.54) is 64.3 Å². The summed E-state index contributed by atoms with van der Waals surface area (Å²) in [6.07, 6.45) is 17.1. The fourth-order valence-electron chi connectivity index (χ4n) is 9.10. The summed E-state index contributed by atoms with van der Waals surface area (Å²) in [7, 11) is 0. The third-order valence-electron chi connectivity index (χ3n) is 10.9. The first kappa shape index (κ1) is 23.8. The Morgan fingerprint density at radius 3 is 2.65 bits per heavy atom. The Hall–Kier alpha value is -0.340. The van der Waals surface area contributed by atoms with Gasteiger partial charge in [0.2, 0.25) is 0 Å². The zero-order chi connectivity index (χ0) is 22.2. The average Bonchev–Trinajstić information content (AvgIpc) is 3.10. The normalized spacial score (nSPS) is 44.1. The minimum Gasteiger partial charge on any atom is -0.393 e. The first-order valence-corrected chi connectivity index (χ1v) is 13.9. The standard InChI is InChI=1S/C29H51NO/c1-6-30-19-20(2)8-7-9-21(3)25-12-13-26-24-11-10-22-18-23(31)14-16-28(22,4)27(24)15-17-29(25,26)5/h10,20-21,23-27,30-31H,6-9,11-19H2,1-5H3/t20?,21-,23+,24+,25-,26+,27+,28+,29-/m1/s1. The predicted molar refractivity (Wildman–Crippen MR) is 132 cm³/mol. The number of nitrogens with one attached hydrogen (secondary N) is 1. The number of rotatable bonds is 8. The Labute approximate surface area is 193 Å². The van der Waals surface area contributed by atoms with Crippen LogP contribution in [0.1, 0.15) is 105 Å². The van der Waals surface area contributed by atoms with Gasteiger partial charge >= 0.3 is 0 Å². The van der Waals surface area contributed by atoms with Gasteiger partial charge in [0.25, 0.3) is 0 Å². The molecule has 2 nitrogen and oxygen atoms in total. The Morgan fingerprint density at radius 2 is 1.87 bits per heavy atom. The summed E-state index contributed by atoms with van der Waals surface area (Å²) in [4.78, 5) is 0. The predicted octanol–water partition coefficient (Wildman–Crippen LogP) is 6.98. The van der Waals surface area contributed by atoms with E-state index in [0.29, 0.717) is 10.8 Å². The average molecular weight is 430 g/mol. The smallest absolute Gasteiger partial charge is 0.0577 e. The van der Waals surface area contributed by atoms with Crippen LogP contribution in [0.15, 0.2) is 11.6 Å². The molecule has 0 spiro atoms. The molecule has 2 N–H and O–H groups in total. The molecule has 178 valence electrons. The fraction of sp³-hybridized carbons (Fsp3) is 0.931. The van der Waals surface area contributed by atoms with Gasteiger partial charge < -0.3 is 10.4 Å². The third kappa shape index (κ3) is 4.42. The number of hydrogen-bond acceptors (Lipinski definition) is 2. The van der Waals surface area contributed by atoms with Gasteiger partial charge in [-0.15, -0.1) is 0 Å². The van der Waals surface area contributed by atoms with E-state index in [1.54, 1.807) is 5.57 Å². The molecule has 0 aromatic carbocycles. The number of allylic oxidation sites excluding steroid dienone is 1. The topological polar surface area (TPSA) is 32.3 Å². The van der Waals surface area contributed by atoms with Crippen molar-refractivity contribution in [2.24, 2.45) is 46.3 Å². The van der Waals surface area contributed by atoms with Crippen molar-refractivity contribution in [2.45, 2.75) is 111 Å². The molecule has 1 unspecified atom stereocenters. The first-order chi connectivity index (χ1) is 14.8. The van der Waals surface area contributed by atoms with E-state index in [9.17, 15) is 5.11 Å². The van der Waals surface area contributed by atoms with E-state index in [4.69, 9.17) is 0 Å². The number of aliphatic hydroxyl groups excluding tert-OH is 1. The summed E-state index contributed by atoms with van der Waals surface area (Å²) >= 11 is 0. The molecule has 4 aliphatic rings. The second kappa shape index (κ2) is 9.49. The molecule has 0 aromatic rings. The van der Waals surface area contributed by atoms with E-state index in [-0.39, 0.29) is 6.10 Å². The van der Waals surface area contributed by atoms with Crippen LogP contribution in [0.4, 0.5) is 0 Å². The maximum atomic E-state index is 10.2. The zero-order valence-corrected chi connectivity index (χ0v) is 21.3. The van der Waals surface area contributed by atoms with Gasteiger partial charge in [-0.25, -0.2) is 0 Å². The van der Waals surface area contributed by atoms with E-state index >= 15 is 0 Å². The molecule has 0 aromatic heterocycles. The highest BCUT2D eigenvalue weighted by molar-refractivity contribution is 5.25. The summed E-state index contributed by atoms with van der Waals surface area (Å²) < 4.78 is 0. The van der Waals surface area contributed by atoms with E-state index in [2.05, 4.69) is 46.0 Å². The second-order valence-corrected chi connectivity index (χ2v) is 12.7. The van der Waals surface area contributed by atoms with Crippen LogP contribution in [0.25, 0.3) is 0 Å². The molecule has 3 fully saturated rings. The van der Waals surface area contributed by atoms with Crippen LogP contribution < -0.4 is 5.32 Å². The summed E-state index contributed by atoms with van der Waals surface area (Å²) in [6.45, 7) is 14.8. The molecule has 9 atom stereocenters. The Bertz CT molecular complexity index is 643. The molecule has 3 saturated carbocycles. The molecule has 4 rings (SSSR count). The van der Waals surface area contributed by atoms with Gasteiger partial charge in [0.05, 0.1) is 6.10 Å². The van der Waals surface area contributed by atoms with Gasteiger partial charge in [0, 0.05) is 0 Å². The Morgan fingerprint density at radius 1 is 1.06 bits per heavy atom. The molecule has 31 heavy (non-hydrogen) atoms. The third-order valence-corrected chi connectivity index (χ3v) is 10.9. The van der Waals surface area contributed by atoms with E-state index in [1.807, 2.05) is 0 Å². The van der Waals surface area contributed by atoms with Crippen molar-refractivity contribution in [3.63, 3.8) is 0 Å². The first-order valence-electron chi connectivity index (χ1n) is 13.9. The lowest BCUT2D eigenvalue weighted by molar-refractivity contribution is -0.0573. The molecule has 0 heterocycles. The lowest BCUT2D eigenvalue weighted by Gasteiger charge is -2.58. The molecule has 4 aliphatic carbocycles. The highest BCUT2D eigenvalue weighted by atomic mass is 16.3. The van der Waals surface area contributed by atoms with Gasteiger partial charge in [0.1, 0.15) is 0 Å². The Balaban J connectivity index is 1.39. The lowest BCUT2D eigenvalue weighted by Crippen LogP contribution is -2.50. The summed E-state index contributed by atoms with van der Waals surface area (Å²) in [6, 6.07) is 0. The fourth-order valence-corrected chi connectivity index (χ4v) is 9.10. The van der Waals surface area contributed by atoms with Crippen LogP contribution in [-0.4, -0.2) is 24.3 Å². The molecule has 0 bridgehead atoms. The van der Waals surface area contributed by atoms with Crippen molar-refractivity contribution >= 4 is 0 Å². The zero-order valence-electron chi connectivity index (χ0n) is 21.3. The summed E-state index contributed by atoms with van der Waals surface area (Å²) in [5.74, 6) is 5.35. The maximum absolute atomic E-state index is 10.2. The maximum Gasteiger partial charge on any atom is 0.0577 e. The second-order valence-electron chi connectivity index (χ2n) is 12.7. The van der Waals surface area contributed by atoms with E-state index < -0.39 is 0 Å². The van der Waals surface area contributed by atoms with Crippen molar-refractivity contribution in [3.05, 3.63) is 11.6 Å². The van der Waals surface area contributed by atoms with Gasteiger partial charge in [-0.2, -0.15) is 0 Å². The SMILES string of the molecule is CCNCC(C)CCC[C@@H](C)[C@H]1CC[C@H]2[C@@H]3CC=C4C[C@@H](O)CC[C@]4(C)[C@H]3CC[C@]12C. The van der Waals surface area contributed by atoms with Gasteiger partial charge in [-0.05, 0) is 117 Å². The van der Waals surface area contributed by atoms with Crippen molar-refractivity contribution in [3.8, 4) is 0 Å². The number of hydrogen-bond donors (Lipinski definition) is 2. The van der Waals surface area contributed by atoms with Crippen LogP contribution in [0.2, 0.25) is 0 Å². The van der Waals surface area contributed by atoms with Gasteiger partial charge in [-0.1, -0.05) is 59.1 Å². The van der Waals surface area contributed by atoms with E-state index in [0.717, 1.165) is 54.9 Å². The van der Waals surface area contributed by atoms with Gasteiger partial charge in [-0.3, -0.25) is 0 Å². The van der Waals surface area contributed by atoms with Crippen molar-refractivity contribution in [1.82, 2.24) is 5.32 Å². The van der Waals surface area contributed by atoms with Crippen molar-refractivity contribution in [1.29, 1.82) is 0 Å². The minimum absolute atomic E-state index is 0.0816. The number of fused-ring (bicyclic) bond motifs is 5.